The monoisotopic (exact) mass is 391 g/mol. The lowest BCUT2D eigenvalue weighted by Crippen LogP contribution is -2.12. The van der Waals surface area contributed by atoms with E-state index in [1.807, 2.05) is 42.5 Å². The van der Waals surface area contributed by atoms with Crippen molar-refractivity contribution in [2.75, 3.05) is 5.32 Å². The van der Waals surface area contributed by atoms with Crippen molar-refractivity contribution in [3.8, 4) is 0 Å². The number of rotatable bonds is 5. The van der Waals surface area contributed by atoms with Crippen molar-refractivity contribution in [3.63, 3.8) is 0 Å². The summed E-state index contributed by atoms with van der Waals surface area (Å²) in [5.74, 6) is 1.06. The van der Waals surface area contributed by atoms with Gasteiger partial charge in [-0.2, -0.15) is 0 Å². The number of carbonyl (C=O) groups excluding carboxylic acids is 1. The van der Waals surface area contributed by atoms with Gasteiger partial charge >= 0.3 is 0 Å². The summed E-state index contributed by atoms with van der Waals surface area (Å²) in [7, 11) is 0. The molecular formula is C21H17N3O3S. The molecule has 2 aromatic carbocycles. The van der Waals surface area contributed by atoms with Crippen LogP contribution in [0.3, 0.4) is 0 Å². The maximum atomic E-state index is 12.2. The van der Waals surface area contributed by atoms with Crippen LogP contribution >= 0.6 is 11.8 Å². The zero-order valence-electron chi connectivity index (χ0n) is 15.1. The molecule has 0 atom stereocenters. The molecule has 0 aliphatic heterocycles. The maximum Gasteiger partial charge on any atom is 0.287 e. The number of nitrogens with one attached hydrogen (secondary N) is 1. The minimum absolute atomic E-state index is 0.144. The number of aryl methyl sites for hydroxylation is 1. The van der Waals surface area contributed by atoms with Gasteiger partial charge in [0.1, 0.15) is 5.76 Å². The third-order valence-electron chi connectivity index (χ3n) is 4.06. The molecule has 0 fully saturated rings. The first-order valence-electron chi connectivity index (χ1n) is 8.67. The van der Waals surface area contributed by atoms with Crippen molar-refractivity contribution in [2.45, 2.75) is 17.6 Å². The van der Waals surface area contributed by atoms with Gasteiger partial charge in [0.2, 0.25) is 0 Å². The predicted octanol–water partition coefficient (Wildman–Crippen LogP) is 4.14. The number of carbonyl (C=O) groups is 1. The molecule has 0 unspecified atom stereocenters. The summed E-state index contributed by atoms with van der Waals surface area (Å²) < 4.78 is 6.48. The molecule has 2 heterocycles. The van der Waals surface area contributed by atoms with Gasteiger partial charge in [0.05, 0.1) is 5.69 Å². The molecule has 140 valence electrons. The molecule has 2 aromatic heterocycles. The van der Waals surface area contributed by atoms with Gasteiger partial charge in [-0.15, -0.1) is 16.3 Å². The van der Waals surface area contributed by atoms with Gasteiger partial charge in [-0.3, -0.25) is 9.59 Å². The summed E-state index contributed by atoms with van der Waals surface area (Å²) in [5, 5.41) is 2.87. The molecule has 1 N–H and O–H groups in total. The van der Waals surface area contributed by atoms with E-state index in [0.717, 1.165) is 10.6 Å². The molecule has 4 aromatic rings. The highest BCUT2D eigenvalue weighted by Crippen LogP contribution is 2.24. The number of fused-ring (bicyclic) bond motifs is 1. The lowest BCUT2D eigenvalue weighted by molar-refractivity contribution is 0.102. The standard InChI is InChI=1S/C21H17N3O3S/c1-14-11-19-22-17(12-20(25)24(19)27-14)13-28-18-9-7-16(8-10-18)23-21(26)15-5-3-2-4-6-15/h2-12H,13H2,1H3,(H,23,26). The molecule has 0 bridgehead atoms. The molecule has 4 rings (SSSR count). The van der Waals surface area contributed by atoms with E-state index in [1.165, 1.54) is 10.6 Å². The second-order valence-corrected chi connectivity index (χ2v) is 7.27. The zero-order chi connectivity index (χ0) is 19.5. The van der Waals surface area contributed by atoms with Crippen LogP contribution in [0.4, 0.5) is 5.69 Å². The predicted molar refractivity (Wildman–Crippen MR) is 109 cm³/mol. The quantitative estimate of drug-likeness (QED) is 0.518. The molecule has 7 heteroatoms. The molecule has 0 aliphatic rings. The molecule has 0 spiro atoms. The first kappa shape index (κ1) is 18.1. The van der Waals surface area contributed by atoms with Crippen LogP contribution in [-0.2, 0) is 5.75 Å². The van der Waals surface area contributed by atoms with Gasteiger partial charge in [0, 0.05) is 34.0 Å². The van der Waals surface area contributed by atoms with Gasteiger partial charge in [0.15, 0.2) is 5.65 Å². The second-order valence-electron chi connectivity index (χ2n) is 6.22. The summed E-state index contributed by atoms with van der Waals surface area (Å²) in [5.41, 5.74) is 2.32. The summed E-state index contributed by atoms with van der Waals surface area (Å²) >= 11 is 1.57. The zero-order valence-corrected chi connectivity index (χ0v) is 15.9. The van der Waals surface area contributed by atoms with Crippen LogP contribution < -0.4 is 10.9 Å². The van der Waals surface area contributed by atoms with Gasteiger partial charge in [-0.25, -0.2) is 4.98 Å². The number of aromatic nitrogens is 2. The average Bonchev–Trinajstić information content (AvgIpc) is 3.09. The molecule has 0 saturated carbocycles. The number of thioether (sulfide) groups is 1. The molecule has 28 heavy (non-hydrogen) atoms. The SMILES string of the molecule is Cc1cc2nc(CSc3ccc(NC(=O)c4ccccc4)cc3)cc(=O)n2o1. The number of nitrogens with zero attached hydrogens (tertiary/aromatic N) is 2. The van der Waals surface area contributed by atoms with E-state index >= 15 is 0 Å². The largest absolute Gasteiger partial charge is 0.375 e. The Hall–Kier alpha value is -3.32. The smallest absolute Gasteiger partial charge is 0.287 e. The number of amides is 1. The Bertz CT molecular complexity index is 1180. The van der Waals surface area contributed by atoms with Crippen LogP contribution in [0.1, 0.15) is 21.8 Å². The van der Waals surface area contributed by atoms with Gasteiger partial charge in [-0.1, -0.05) is 18.2 Å². The summed E-state index contributed by atoms with van der Waals surface area (Å²) in [6.07, 6.45) is 0. The Balaban J connectivity index is 1.41. The Morgan fingerprint density at radius 1 is 1.11 bits per heavy atom. The molecule has 6 nitrogen and oxygen atoms in total. The molecule has 0 saturated heterocycles. The summed E-state index contributed by atoms with van der Waals surface area (Å²) in [6.45, 7) is 1.78. The Labute approximate surface area is 165 Å². The topological polar surface area (TPSA) is 76.6 Å². The van der Waals surface area contributed by atoms with Crippen molar-refractivity contribution in [3.05, 3.63) is 94.1 Å². The van der Waals surface area contributed by atoms with E-state index in [-0.39, 0.29) is 11.5 Å². The van der Waals surface area contributed by atoms with Crippen LogP contribution in [0.5, 0.6) is 0 Å². The highest BCUT2D eigenvalue weighted by atomic mass is 32.2. The van der Waals surface area contributed by atoms with Crippen LogP contribution in [0.15, 0.2) is 80.9 Å². The maximum absolute atomic E-state index is 12.2. The first-order valence-corrected chi connectivity index (χ1v) is 9.66. The van der Waals surface area contributed by atoms with Crippen molar-refractivity contribution in [2.24, 2.45) is 0 Å². The normalized spacial score (nSPS) is 10.9. The fourth-order valence-corrected chi connectivity index (χ4v) is 3.52. The second kappa shape index (κ2) is 7.74. The third-order valence-corrected chi connectivity index (χ3v) is 5.10. The molecule has 0 aliphatic carbocycles. The Kier molecular flexibility index (Phi) is 4.99. The van der Waals surface area contributed by atoms with E-state index in [1.54, 1.807) is 36.9 Å². The third kappa shape index (κ3) is 3.99. The van der Waals surface area contributed by atoms with Gasteiger partial charge < -0.3 is 9.84 Å². The van der Waals surface area contributed by atoms with Crippen molar-refractivity contribution in [1.29, 1.82) is 0 Å². The van der Waals surface area contributed by atoms with Crippen LogP contribution in [-0.4, -0.2) is 15.5 Å². The molecular weight excluding hydrogens is 374 g/mol. The van der Waals surface area contributed by atoms with Gasteiger partial charge in [-0.05, 0) is 43.3 Å². The molecule has 0 radical (unpaired) electrons. The van der Waals surface area contributed by atoms with Crippen molar-refractivity contribution >= 4 is 29.0 Å². The van der Waals surface area contributed by atoms with E-state index in [0.29, 0.717) is 28.4 Å². The Morgan fingerprint density at radius 3 is 2.61 bits per heavy atom. The lowest BCUT2D eigenvalue weighted by atomic mass is 10.2. The lowest BCUT2D eigenvalue weighted by Gasteiger charge is -2.06. The highest BCUT2D eigenvalue weighted by Gasteiger charge is 2.08. The summed E-state index contributed by atoms with van der Waals surface area (Å²) in [6, 6.07) is 19.9. The van der Waals surface area contributed by atoms with Crippen molar-refractivity contribution in [1.82, 2.24) is 9.56 Å². The van der Waals surface area contributed by atoms with E-state index in [4.69, 9.17) is 4.52 Å². The van der Waals surface area contributed by atoms with Crippen LogP contribution in [0, 0.1) is 6.92 Å². The van der Waals surface area contributed by atoms with Gasteiger partial charge in [0.25, 0.3) is 11.5 Å². The Morgan fingerprint density at radius 2 is 1.86 bits per heavy atom. The minimum atomic E-state index is -0.229. The number of anilines is 1. The number of hydrogen-bond acceptors (Lipinski definition) is 5. The fourth-order valence-electron chi connectivity index (χ4n) is 2.73. The highest BCUT2D eigenvalue weighted by molar-refractivity contribution is 7.98. The summed E-state index contributed by atoms with van der Waals surface area (Å²) in [4.78, 5) is 29.7. The molecule has 1 amide bonds. The van der Waals surface area contributed by atoms with E-state index < -0.39 is 0 Å². The van der Waals surface area contributed by atoms with E-state index in [2.05, 4.69) is 10.3 Å². The fraction of sp³-hybridized carbons (Fsp3) is 0.0952. The van der Waals surface area contributed by atoms with E-state index in [9.17, 15) is 9.59 Å². The number of benzene rings is 2. The average molecular weight is 391 g/mol. The van der Waals surface area contributed by atoms with Crippen LogP contribution in [0.25, 0.3) is 5.65 Å². The minimum Gasteiger partial charge on any atom is -0.375 e. The number of hydrogen-bond donors (Lipinski definition) is 1. The van der Waals surface area contributed by atoms with Crippen molar-refractivity contribution < 1.29 is 9.32 Å². The van der Waals surface area contributed by atoms with Crippen LogP contribution in [0.2, 0.25) is 0 Å². The first-order chi connectivity index (χ1) is 13.6.